The van der Waals surface area contributed by atoms with Crippen LogP contribution in [0.3, 0.4) is 0 Å². The molecule has 101 valence electrons. The van der Waals surface area contributed by atoms with E-state index in [-0.39, 0.29) is 0 Å². The largest absolute Gasteiger partial charge is 0.434 e. The molecule has 0 fully saturated rings. The van der Waals surface area contributed by atoms with Gasteiger partial charge in [-0.3, -0.25) is 0 Å². The van der Waals surface area contributed by atoms with Gasteiger partial charge in [-0.25, -0.2) is 15.0 Å². The van der Waals surface area contributed by atoms with Gasteiger partial charge in [0.2, 0.25) is 11.8 Å². The third kappa shape index (κ3) is 2.52. The summed E-state index contributed by atoms with van der Waals surface area (Å²) < 4.78 is 6.36. The highest BCUT2D eigenvalue weighted by Crippen LogP contribution is 2.32. The van der Waals surface area contributed by atoms with Gasteiger partial charge in [-0.05, 0) is 12.1 Å². The molecule has 20 heavy (non-hydrogen) atoms. The summed E-state index contributed by atoms with van der Waals surface area (Å²) in [6.07, 6.45) is 6.19. The molecule has 0 saturated heterocycles. The first-order chi connectivity index (χ1) is 9.63. The molecule has 0 unspecified atom stereocenters. The van der Waals surface area contributed by atoms with Crippen molar-refractivity contribution in [3.05, 3.63) is 35.1 Å². The standard InChI is InChI=1S/C13H10ClN4OS/c1-18(2)13-16-5-8(6-17-13)12-15-7-9(19-12)10-3-4-11(14)20-10/h3-6H,1-2H3. The van der Waals surface area contributed by atoms with Crippen molar-refractivity contribution in [1.82, 2.24) is 15.0 Å². The predicted octanol–water partition coefficient (Wildman–Crippen LogP) is 3.38. The first kappa shape index (κ1) is 13.1. The lowest BCUT2D eigenvalue weighted by Crippen LogP contribution is -2.12. The van der Waals surface area contributed by atoms with E-state index < -0.39 is 0 Å². The van der Waals surface area contributed by atoms with E-state index in [2.05, 4.69) is 21.1 Å². The predicted molar refractivity (Wildman–Crippen MR) is 79.0 cm³/mol. The van der Waals surface area contributed by atoms with Crippen LogP contribution >= 0.6 is 22.9 Å². The number of thiophene rings is 1. The number of rotatable bonds is 3. The summed E-state index contributed by atoms with van der Waals surface area (Å²) in [6, 6.07) is 3.69. The van der Waals surface area contributed by atoms with Crippen molar-refractivity contribution in [2.75, 3.05) is 19.0 Å². The average Bonchev–Trinajstić information content (AvgIpc) is 3.07. The van der Waals surface area contributed by atoms with Crippen LogP contribution in [0.4, 0.5) is 5.95 Å². The fourth-order valence-corrected chi connectivity index (χ4v) is 2.55. The van der Waals surface area contributed by atoms with Crippen LogP contribution in [0, 0.1) is 6.20 Å². The van der Waals surface area contributed by atoms with Crippen LogP contribution in [0.1, 0.15) is 0 Å². The van der Waals surface area contributed by atoms with Gasteiger partial charge in [-0.15, -0.1) is 11.3 Å². The van der Waals surface area contributed by atoms with Crippen molar-refractivity contribution < 1.29 is 4.42 Å². The van der Waals surface area contributed by atoms with Crippen molar-refractivity contribution >= 4 is 28.9 Å². The lowest BCUT2D eigenvalue weighted by Gasteiger charge is -2.08. The van der Waals surface area contributed by atoms with E-state index in [9.17, 15) is 0 Å². The van der Waals surface area contributed by atoms with Gasteiger partial charge in [0.1, 0.15) is 6.20 Å². The van der Waals surface area contributed by atoms with Gasteiger partial charge in [0.05, 0.1) is 14.8 Å². The number of oxazole rings is 1. The molecule has 0 spiro atoms. The third-order valence-electron chi connectivity index (χ3n) is 2.54. The minimum absolute atomic E-state index is 0.440. The van der Waals surface area contributed by atoms with Crippen molar-refractivity contribution in [2.24, 2.45) is 0 Å². The maximum absolute atomic E-state index is 5.90. The van der Waals surface area contributed by atoms with E-state index in [1.54, 1.807) is 12.4 Å². The fourth-order valence-electron chi connectivity index (χ4n) is 1.57. The summed E-state index contributed by atoms with van der Waals surface area (Å²) in [5, 5.41) is 0. The summed E-state index contributed by atoms with van der Waals surface area (Å²) in [5.74, 6) is 1.64. The zero-order chi connectivity index (χ0) is 14.1. The van der Waals surface area contributed by atoms with Gasteiger partial charge in [-0.2, -0.15) is 0 Å². The zero-order valence-electron chi connectivity index (χ0n) is 10.8. The normalized spacial score (nSPS) is 10.8. The summed E-state index contributed by atoms with van der Waals surface area (Å²) in [7, 11) is 3.76. The number of aromatic nitrogens is 3. The summed E-state index contributed by atoms with van der Waals surface area (Å²) in [5.41, 5.74) is 0.709. The van der Waals surface area contributed by atoms with Crippen LogP contribution in [0.25, 0.3) is 22.1 Å². The summed E-state index contributed by atoms with van der Waals surface area (Å²) >= 11 is 7.32. The van der Waals surface area contributed by atoms with E-state index in [1.807, 2.05) is 31.1 Å². The molecule has 0 atom stereocenters. The molecule has 0 amide bonds. The van der Waals surface area contributed by atoms with Gasteiger partial charge in [0.25, 0.3) is 0 Å². The fraction of sp³-hybridized carbons (Fsp3) is 0.154. The Balaban J connectivity index is 1.90. The van der Waals surface area contributed by atoms with E-state index in [4.69, 9.17) is 16.0 Å². The van der Waals surface area contributed by atoms with E-state index in [1.165, 1.54) is 11.3 Å². The molecule has 0 aliphatic heterocycles. The molecular formula is C13H10ClN4OS. The Morgan fingerprint density at radius 1 is 1.25 bits per heavy atom. The zero-order valence-corrected chi connectivity index (χ0v) is 12.4. The van der Waals surface area contributed by atoms with Gasteiger partial charge >= 0.3 is 0 Å². The molecule has 0 bridgehead atoms. The van der Waals surface area contributed by atoms with Crippen LogP contribution in [0.15, 0.2) is 28.9 Å². The van der Waals surface area contributed by atoms with Gasteiger partial charge in [0.15, 0.2) is 5.76 Å². The number of hydrogen-bond acceptors (Lipinski definition) is 6. The number of nitrogens with zero attached hydrogens (tertiary/aromatic N) is 4. The first-order valence-corrected chi connectivity index (χ1v) is 6.97. The molecule has 0 aromatic carbocycles. The lowest BCUT2D eigenvalue weighted by atomic mass is 10.3. The highest BCUT2D eigenvalue weighted by atomic mass is 35.5. The number of halogens is 1. The first-order valence-electron chi connectivity index (χ1n) is 5.77. The topological polar surface area (TPSA) is 55.1 Å². The second kappa shape index (κ2) is 5.22. The van der Waals surface area contributed by atoms with Crippen LogP contribution < -0.4 is 4.90 Å². The molecule has 3 aromatic heterocycles. The van der Waals surface area contributed by atoms with Crippen LogP contribution in [0.2, 0.25) is 4.34 Å². The monoisotopic (exact) mass is 305 g/mol. The Kier molecular flexibility index (Phi) is 3.42. The maximum Gasteiger partial charge on any atom is 0.230 e. The second-order valence-electron chi connectivity index (χ2n) is 4.23. The molecule has 0 aliphatic rings. The van der Waals surface area contributed by atoms with Crippen LogP contribution in [0.5, 0.6) is 0 Å². The maximum atomic E-state index is 5.90. The van der Waals surface area contributed by atoms with Crippen molar-refractivity contribution in [1.29, 1.82) is 0 Å². The Labute approximate surface area is 124 Å². The summed E-state index contributed by atoms with van der Waals surface area (Å²) in [6.45, 7) is 0. The molecule has 3 heterocycles. The van der Waals surface area contributed by atoms with Gasteiger partial charge < -0.3 is 9.32 Å². The van der Waals surface area contributed by atoms with Crippen molar-refractivity contribution in [3.63, 3.8) is 0 Å². The van der Waals surface area contributed by atoms with Gasteiger partial charge in [0, 0.05) is 26.5 Å². The van der Waals surface area contributed by atoms with Crippen molar-refractivity contribution in [2.45, 2.75) is 0 Å². The molecule has 0 aliphatic carbocycles. The molecule has 0 saturated carbocycles. The molecule has 7 heteroatoms. The molecule has 3 rings (SSSR count). The molecular weight excluding hydrogens is 296 g/mol. The summed E-state index contributed by atoms with van der Waals surface area (Å²) in [4.78, 5) is 15.3. The molecule has 5 nitrogen and oxygen atoms in total. The smallest absolute Gasteiger partial charge is 0.230 e. The Morgan fingerprint density at radius 2 is 2.00 bits per heavy atom. The van der Waals surface area contributed by atoms with E-state index >= 15 is 0 Å². The minimum atomic E-state index is 0.440. The van der Waals surface area contributed by atoms with E-state index in [0.717, 1.165) is 4.88 Å². The van der Waals surface area contributed by atoms with Crippen LogP contribution in [-0.4, -0.2) is 29.0 Å². The lowest BCUT2D eigenvalue weighted by molar-refractivity contribution is 0.589. The molecule has 0 N–H and O–H groups in total. The van der Waals surface area contributed by atoms with E-state index in [0.29, 0.717) is 27.5 Å². The second-order valence-corrected chi connectivity index (χ2v) is 5.94. The number of hydrogen-bond donors (Lipinski definition) is 0. The highest BCUT2D eigenvalue weighted by molar-refractivity contribution is 7.19. The third-order valence-corrected chi connectivity index (χ3v) is 3.77. The molecule has 1 radical (unpaired) electrons. The SMILES string of the molecule is CN(C)c1ncc(-c2n[c]c(-c3ccc(Cl)s3)o2)cn1. The van der Waals surface area contributed by atoms with Gasteiger partial charge in [-0.1, -0.05) is 11.6 Å². The Hall–Kier alpha value is -1.92. The Morgan fingerprint density at radius 3 is 2.60 bits per heavy atom. The van der Waals surface area contributed by atoms with Crippen LogP contribution in [-0.2, 0) is 0 Å². The Bertz CT molecular complexity index is 720. The minimum Gasteiger partial charge on any atom is -0.434 e. The average molecular weight is 306 g/mol. The quantitative estimate of drug-likeness (QED) is 0.742. The highest BCUT2D eigenvalue weighted by Gasteiger charge is 2.12. The number of anilines is 1. The molecule has 3 aromatic rings. The van der Waals surface area contributed by atoms with Crippen molar-refractivity contribution in [3.8, 4) is 22.1 Å².